The number of carbonyl (C=O) groups excluding carboxylic acids is 2. The molecule has 0 bridgehead atoms. The van der Waals surface area contributed by atoms with Crippen LogP contribution in [0.4, 0.5) is 5.82 Å². The number of fused-ring (bicyclic) bond motifs is 1. The molecule has 1 aromatic carbocycles. The van der Waals surface area contributed by atoms with Crippen LogP contribution in [0.1, 0.15) is 12.7 Å². The van der Waals surface area contributed by atoms with Gasteiger partial charge in [-0.2, -0.15) is 4.99 Å². The van der Waals surface area contributed by atoms with Gasteiger partial charge in [0.1, 0.15) is 5.76 Å². The van der Waals surface area contributed by atoms with E-state index in [0.717, 1.165) is 14.7 Å². The summed E-state index contributed by atoms with van der Waals surface area (Å²) in [6, 6.07) is 7.59. The fraction of sp³-hybridized carbons (Fsp3) is 0.368. The average molecular weight is 513 g/mol. The van der Waals surface area contributed by atoms with Crippen LogP contribution in [0.3, 0.4) is 0 Å². The van der Waals surface area contributed by atoms with Crippen LogP contribution in [-0.4, -0.2) is 46.3 Å². The van der Waals surface area contributed by atoms with Crippen molar-refractivity contribution in [3.8, 4) is 0 Å². The van der Waals surface area contributed by atoms with Crippen LogP contribution in [-0.2, 0) is 20.9 Å². The third-order valence-electron chi connectivity index (χ3n) is 3.88. The summed E-state index contributed by atoms with van der Waals surface area (Å²) in [5.41, 5.74) is 1.00. The Kier molecular flexibility index (Phi) is 8.25. The molecule has 0 spiro atoms. The summed E-state index contributed by atoms with van der Waals surface area (Å²) >= 11 is 6.13. The van der Waals surface area contributed by atoms with Gasteiger partial charge in [-0.25, -0.2) is 0 Å². The van der Waals surface area contributed by atoms with Gasteiger partial charge in [0.05, 0.1) is 28.3 Å². The minimum absolute atomic E-state index is 0.106. The van der Waals surface area contributed by atoms with E-state index in [-0.39, 0.29) is 23.3 Å². The Morgan fingerprint density at radius 3 is 2.93 bits per heavy atom. The molecule has 8 nitrogen and oxygen atoms in total. The minimum Gasteiger partial charge on any atom is -0.380 e. The van der Waals surface area contributed by atoms with Crippen molar-refractivity contribution < 1.29 is 18.8 Å². The standard InChI is InChI=1S/C19H21BrN4O4S2/c1-3-27-7-6-24-14-5-4-13(20)9-15(14)30-19(24)22-18(26)11-29-10-17(25)21-16-8-12(2)28-23-16/h4-5,8-9H,3,6-7,10-11H2,1-2H3,(H,21,23,25). The number of nitrogens with zero attached hydrogens (tertiary/aromatic N) is 3. The number of aromatic nitrogens is 2. The zero-order valence-corrected chi connectivity index (χ0v) is 19.7. The maximum Gasteiger partial charge on any atom is 0.258 e. The summed E-state index contributed by atoms with van der Waals surface area (Å²) in [5.74, 6) is 0.659. The molecule has 1 N–H and O–H groups in total. The highest BCUT2D eigenvalue weighted by Crippen LogP contribution is 2.22. The van der Waals surface area contributed by atoms with Crippen LogP contribution in [0.15, 0.2) is 38.3 Å². The molecule has 2 amide bonds. The lowest BCUT2D eigenvalue weighted by atomic mass is 10.3. The Labute approximate surface area is 189 Å². The van der Waals surface area contributed by atoms with Gasteiger partial charge in [0.2, 0.25) is 5.91 Å². The van der Waals surface area contributed by atoms with E-state index in [1.807, 2.05) is 29.7 Å². The zero-order valence-electron chi connectivity index (χ0n) is 16.5. The first-order valence-corrected chi connectivity index (χ1v) is 12.0. The van der Waals surface area contributed by atoms with E-state index in [0.29, 0.717) is 36.1 Å². The SMILES string of the molecule is CCOCCn1c(=NC(=O)CSCC(=O)Nc2cc(C)on2)sc2cc(Br)ccc21. The number of halogens is 1. The van der Waals surface area contributed by atoms with Gasteiger partial charge >= 0.3 is 0 Å². The Balaban J connectivity index is 1.65. The Morgan fingerprint density at radius 2 is 2.20 bits per heavy atom. The van der Waals surface area contributed by atoms with E-state index < -0.39 is 0 Å². The van der Waals surface area contributed by atoms with Gasteiger partial charge in [-0.1, -0.05) is 32.4 Å². The fourth-order valence-electron chi connectivity index (χ4n) is 2.62. The maximum absolute atomic E-state index is 12.4. The van der Waals surface area contributed by atoms with Gasteiger partial charge in [-0.15, -0.1) is 11.8 Å². The van der Waals surface area contributed by atoms with Crippen molar-refractivity contribution in [2.24, 2.45) is 4.99 Å². The first-order chi connectivity index (χ1) is 14.5. The molecule has 0 aliphatic carbocycles. The molecular weight excluding hydrogens is 492 g/mol. The molecule has 0 radical (unpaired) electrons. The largest absolute Gasteiger partial charge is 0.380 e. The number of amides is 2. The summed E-state index contributed by atoms with van der Waals surface area (Å²) in [4.78, 5) is 29.2. The topological polar surface area (TPSA) is 98.7 Å². The van der Waals surface area contributed by atoms with Crippen molar-refractivity contribution >= 4 is 66.9 Å². The monoisotopic (exact) mass is 512 g/mol. The second-order valence-electron chi connectivity index (χ2n) is 6.21. The maximum atomic E-state index is 12.4. The number of hydrogen-bond acceptors (Lipinski definition) is 7. The molecule has 2 aromatic heterocycles. The second-order valence-corrected chi connectivity index (χ2v) is 9.12. The van der Waals surface area contributed by atoms with E-state index in [1.54, 1.807) is 13.0 Å². The Bertz CT molecular complexity index is 1110. The molecular formula is C19H21BrN4O4S2. The first-order valence-electron chi connectivity index (χ1n) is 9.21. The number of thioether (sulfide) groups is 1. The van der Waals surface area contributed by atoms with Crippen LogP contribution in [0.5, 0.6) is 0 Å². The van der Waals surface area contributed by atoms with Gasteiger partial charge in [0, 0.05) is 23.7 Å². The third kappa shape index (κ3) is 6.27. The summed E-state index contributed by atoms with van der Waals surface area (Å²) in [6.45, 7) is 5.46. The van der Waals surface area contributed by atoms with Crippen LogP contribution in [0.25, 0.3) is 10.2 Å². The van der Waals surface area contributed by atoms with Crippen molar-refractivity contribution in [1.82, 2.24) is 9.72 Å². The van der Waals surface area contributed by atoms with Crippen LogP contribution in [0.2, 0.25) is 0 Å². The Morgan fingerprint density at radius 1 is 1.37 bits per heavy atom. The first kappa shape index (κ1) is 22.7. The van der Waals surface area contributed by atoms with Crippen molar-refractivity contribution in [3.05, 3.63) is 39.3 Å². The minimum atomic E-state index is -0.291. The van der Waals surface area contributed by atoms with Crippen molar-refractivity contribution in [3.63, 3.8) is 0 Å². The average Bonchev–Trinajstić information content (AvgIpc) is 3.24. The highest BCUT2D eigenvalue weighted by Gasteiger charge is 2.11. The molecule has 3 aromatic rings. The van der Waals surface area contributed by atoms with Crippen molar-refractivity contribution in [2.45, 2.75) is 20.4 Å². The highest BCUT2D eigenvalue weighted by molar-refractivity contribution is 9.10. The second kappa shape index (κ2) is 10.9. The number of nitrogens with one attached hydrogen (secondary N) is 1. The molecule has 11 heteroatoms. The predicted octanol–water partition coefficient (Wildman–Crippen LogP) is 3.60. The van der Waals surface area contributed by atoms with E-state index in [1.165, 1.54) is 23.1 Å². The van der Waals surface area contributed by atoms with Gasteiger partial charge in [-0.3, -0.25) is 9.59 Å². The zero-order chi connectivity index (χ0) is 21.5. The number of benzene rings is 1. The number of thiazole rings is 1. The number of anilines is 1. The lowest BCUT2D eigenvalue weighted by Gasteiger charge is -2.05. The van der Waals surface area contributed by atoms with Crippen LogP contribution in [0, 0.1) is 6.92 Å². The van der Waals surface area contributed by atoms with E-state index in [2.05, 4.69) is 31.4 Å². The molecule has 0 unspecified atom stereocenters. The molecule has 30 heavy (non-hydrogen) atoms. The number of carbonyl (C=O) groups is 2. The molecule has 0 saturated carbocycles. The van der Waals surface area contributed by atoms with Crippen molar-refractivity contribution in [1.29, 1.82) is 0 Å². The molecule has 2 heterocycles. The normalized spacial score (nSPS) is 11.9. The quantitative estimate of drug-likeness (QED) is 0.439. The predicted molar refractivity (Wildman–Crippen MR) is 122 cm³/mol. The van der Waals surface area contributed by atoms with Crippen molar-refractivity contribution in [2.75, 3.05) is 30.0 Å². The molecule has 160 valence electrons. The lowest BCUT2D eigenvalue weighted by Crippen LogP contribution is -2.20. The number of rotatable bonds is 9. The van der Waals surface area contributed by atoms with Crippen LogP contribution >= 0.6 is 39.0 Å². The number of aryl methyl sites for hydroxylation is 1. The number of hydrogen-bond donors (Lipinski definition) is 1. The molecule has 0 fully saturated rings. The lowest BCUT2D eigenvalue weighted by molar-refractivity contribution is -0.115. The van der Waals surface area contributed by atoms with Gasteiger partial charge in [-0.05, 0) is 32.0 Å². The van der Waals surface area contributed by atoms with E-state index >= 15 is 0 Å². The van der Waals surface area contributed by atoms with Crippen LogP contribution < -0.4 is 10.1 Å². The Hall–Kier alpha value is -1.95. The molecule has 0 aliphatic rings. The summed E-state index contributed by atoms with van der Waals surface area (Å²) in [6.07, 6.45) is 0. The van der Waals surface area contributed by atoms with Gasteiger partial charge in [0.15, 0.2) is 10.6 Å². The molecule has 0 aliphatic heterocycles. The van der Waals surface area contributed by atoms with Gasteiger partial charge in [0.25, 0.3) is 5.91 Å². The number of ether oxygens (including phenoxy) is 1. The summed E-state index contributed by atoms with van der Waals surface area (Å²) in [5, 5.41) is 6.33. The highest BCUT2D eigenvalue weighted by atomic mass is 79.9. The molecule has 0 atom stereocenters. The summed E-state index contributed by atoms with van der Waals surface area (Å²) < 4.78 is 14.4. The van der Waals surface area contributed by atoms with E-state index in [9.17, 15) is 9.59 Å². The smallest absolute Gasteiger partial charge is 0.258 e. The molecule has 3 rings (SSSR count). The summed E-state index contributed by atoms with van der Waals surface area (Å²) in [7, 11) is 0. The molecule has 0 saturated heterocycles. The van der Waals surface area contributed by atoms with E-state index in [4.69, 9.17) is 9.26 Å². The van der Waals surface area contributed by atoms with Gasteiger partial charge < -0.3 is 19.1 Å². The fourth-order valence-corrected chi connectivity index (χ4v) is 4.85. The third-order valence-corrected chi connectivity index (χ3v) is 6.33.